The van der Waals surface area contributed by atoms with Crippen molar-refractivity contribution in [3.05, 3.63) is 36.2 Å². The number of nitrogens with zero attached hydrogens (tertiary/aromatic N) is 1. The predicted molar refractivity (Wildman–Crippen MR) is 67.4 cm³/mol. The minimum Gasteiger partial charge on any atom is -0.390 e. The van der Waals surface area contributed by atoms with E-state index in [1.54, 1.807) is 18.3 Å². The Morgan fingerprint density at radius 2 is 2.35 bits per heavy atom. The number of carbonyl (C=O) groups excluding carboxylic acids is 1. The summed E-state index contributed by atoms with van der Waals surface area (Å²) >= 11 is 0. The molecule has 0 saturated carbocycles. The molecule has 0 unspecified atom stereocenters. The lowest BCUT2D eigenvalue weighted by Gasteiger charge is -2.12. The normalized spacial score (nSPS) is 11.9. The number of aliphatic hydroxyl groups is 1. The van der Waals surface area contributed by atoms with Crippen molar-refractivity contribution < 1.29 is 9.90 Å². The summed E-state index contributed by atoms with van der Waals surface area (Å²) < 4.78 is 0. The number of allylic oxidation sites excluding steroid dienone is 1. The van der Waals surface area contributed by atoms with Crippen LogP contribution in [-0.4, -0.2) is 16.0 Å². The van der Waals surface area contributed by atoms with Gasteiger partial charge in [0.1, 0.15) is 0 Å². The van der Waals surface area contributed by atoms with E-state index in [1.165, 1.54) is 0 Å². The molecule has 0 aromatic carbocycles. The molecule has 4 nitrogen and oxygen atoms in total. The monoisotopic (exact) mass is 234 g/mol. The lowest BCUT2D eigenvalue weighted by Crippen LogP contribution is -2.20. The van der Waals surface area contributed by atoms with E-state index in [4.69, 9.17) is 5.11 Å². The third-order valence-electron chi connectivity index (χ3n) is 2.35. The molecule has 92 valence electrons. The SMILES string of the molecule is C=C(C)C[C@H](C)C(=O)Nc1ccnc(CO)c1. The standard InChI is InChI=1S/C13H18N2O2/c1-9(2)6-10(3)13(17)15-11-4-5-14-12(7-11)8-16/h4-5,7,10,16H,1,6,8H2,2-3H3,(H,14,15,17)/t10-/m0/s1. The van der Waals surface area contributed by atoms with E-state index < -0.39 is 0 Å². The van der Waals surface area contributed by atoms with Crippen molar-refractivity contribution in [2.45, 2.75) is 26.9 Å². The second-order valence-corrected chi connectivity index (χ2v) is 4.25. The maximum absolute atomic E-state index is 11.8. The zero-order chi connectivity index (χ0) is 12.8. The van der Waals surface area contributed by atoms with E-state index in [1.807, 2.05) is 13.8 Å². The van der Waals surface area contributed by atoms with Gasteiger partial charge in [0, 0.05) is 17.8 Å². The van der Waals surface area contributed by atoms with Gasteiger partial charge < -0.3 is 10.4 Å². The van der Waals surface area contributed by atoms with Crippen LogP contribution in [0.1, 0.15) is 26.0 Å². The number of rotatable bonds is 5. The van der Waals surface area contributed by atoms with Gasteiger partial charge in [0.15, 0.2) is 0 Å². The first-order valence-corrected chi connectivity index (χ1v) is 5.54. The van der Waals surface area contributed by atoms with Crippen LogP contribution in [0.2, 0.25) is 0 Å². The number of hydrogen-bond acceptors (Lipinski definition) is 3. The third-order valence-corrected chi connectivity index (χ3v) is 2.35. The molecule has 1 aromatic heterocycles. The van der Waals surface area contributed by atoms with Gasteiger partial charge in [-0.3, -0.25) is 9.78 Å². The van der Waals surface area contributed by atoms with Crippen LogP contribution in [0.15, 0.2) is 30.5 Å². The van der Waals surface area contributed by atoms with Crippen LogP contribution in [0.25, 0.3) is 0 Å². The summed E-state index contributed by atoms with van der Waals surface area (Å²) in [5, 5.41) is 11.7. The fourth-order valence-corrected chi connectivity index (χ4v) is 1.52. The largest absolute Gasteiger partial charge is 0.390 e. The van der Waals surface area contributed by atoms with Crippen LogP contribution in [0, 0.1) is 5.92 Å². The summed E-state index contributed by atoms with van der Waals surface area (Å²) in [4.78, 5) is 15.8. The number of aliphatic hydroxyl groups excluding tert-OH is 1. The molecule has 0 aliphatic rings. The van der Waals surface area contributed by atoms with Gasteiger partial charge in [-0.2, -0.15) is 0 Å². The molecule has 0 fully saturated rings. The maximum Gasteiger partial charge on any atom is 0.227 e. The highest BCUT2D eigenvalue weighted by Crippen LogP contribution is 2.13. The molecule has 1 amide bonds. The molecular weight excluding hydrogens is 216 g/mol. The minimum absolute atomic E-state index is 0.0527. The molecular formula is C13H18N2O2. The summed E-state index contributed by atoms with van der Waals surface area (Å²) in [6, 6.07) is 3.36. The number of amides is 1. The number of pyridine rings is 1. The van der Waals surface area contributed by atoms with E-state index in [2.05, 4.69) is 16.9 Å². The van der Waals surface area contributed by atoms with E-state index in [-0.39, 0.29) is 18.4 Å². The zero-order valence-corrected chi connectivity index (χ0v) is 10.2. The van der Waals surface area contributed by atoms with Crippen LogP contribution in [0.4, 0.5) is 5.69 Å². The Hall–Kier alpha value is -1.68. The van der Waals surface area contributed by atoms with Crippen LogP contribution in [0.5, 0.6) is 0 Å². The van der Waals surface area contributed by atoms with Crippen LogP contribution >= 0.6 is 0 Å². The van der Waals surface area contributed by atoms with Gasteiger partial charge in [0.25, 0.3) is 0 Å². The van der Waals surface area contributed by atoms with Gasteiger partial charge in [0.05, 0.1) is 12.3 Å². The van der Waals surface area contributed by atoms with Crippen molar-refractivity contribution in [3.8, 4) is 0 Å². The van der Waals surface area contributed by atoms with Gasteiger partial charge in [-0.05, 0) is 25.5 Å². The molecule has 2 N–H and O–H groups in total. The van der Waals surface area contributed by atoms with E-state index in [0.717, 1.165) is 5.57 Å². The zero-order valence-electron chi connectivity index (χ0n) is 10.2. The Morgan fingerprint density at radius 1 is 1.65 bits per heavy atom. The smallest absolute Gasteiger partial charge is 0.227 e. The van der Waals surface area contributed by atoms with Gasteiger partial charge in [-0.1, -0.05) is 12.5 Å². The molecule has 0 aliphatic carbocycles. The molecule has 0 saturated heterocycles. The van der Waals surface area contributed by atoms with Crippen LogP contribution in [0.3, 0.4) is 0 Å². The van der Waals surface area contributed by atoms with E-state index in [9.17, 15) is 4.79 Å². The number of anilines is 1. The summed E-state index contributed by atoms with van der Waals surface area (Å²) in [6.07, 6.45) is 2.23. The summed E-state index contributed by atoms with van der Waals surface area (Å²) in [7, 11) is 0. The molecule has 0 spiro atoms. The summed E-state index contributed by atoms with van der Waals surface area (Å²) in [6.45, 7) is 7.42. The lowest BCUT2D eigenvalue weighted by atomic mass is 10.0. The van der Waals surface area contributed by atoms with Crippen molar-refractivity contribution in [3.63, 3.8) is 0 Å². The number of aromatic nitrogens is 1. The van der Waals surface area contributed by atoms with Crippen molar-refractivity contribution in [1.82, 2.24) is 4.98 Å². The molecule has 1 atom stereocenters. The Morgan fingerprint density at radius 3 is 2.94 bits per heavy atom. The molecule has 4 heteroatoms. The first kappa shape index (κ1) is 13.4. The van der Waals surface area contributed by atoms with Crippen molar-refractivity contribution in [2.75, 3.05) is 5.32 Å². The van der Waals surface area contributed by atoms with Gasteiger partial charge in [0.2, 0.25) is 5.91 Å². The fraction of sp³-hybridized carbons (Fsp3) is 0.385. The predicted octanol–water partition coefficient (Wildman–Crippen LogP) is 2.11. The summed E-state index contributed by atoms with van der Waals surface area (Å²) in [5.41, 5.74) is 2.18. The Labute approximate surface area is 101 Å². The summed E-state index contributed by atoms with van der Waals surface area (Å²) in [5.74, 6) is -0.165. The third kappa shape index (κ3) is 4.36. The molecule has 17 heavy (non-hydrogen) atoms. The molecule has 1 rings (SSSR count). The lowest BCUT2D eigenvalue weighted by molar-refractivity contribution is -0.119. The Balaban J connectivity index is 2.64. The highest BCUT2D eigenvalue weighted by Gasteiger charge is 2.13. The van der Waals surface area contributed by atoms with Gasteiger partial charge >= 0.3 is 0 Å². The van der Waals surface area contributed by atoms with Crippen LogP contribution in [-0.2, 0) is 11.4 Å². The highest BCUT2D eigenvalue weighted by atomic mass is 16.3. The Kier molecular flexibility index (Phi) is 4.84. The average Bonchev–Trinajstić information content (AvgIpc) is 2.28. The van der Waals surface area contributed by atoms with Gasteiger partial charge in [-0.25, -0.2) is 0 Å². The fourth-order valence-electron chi connectivity index (χ4n) is 1.52. The van der Waals surface area contributed by atoms with Gasteiger partial charge in [-0.15, -0.1) is 6.58 Å². The molecule has 1 aromatic rings. The minimum atomic E-state index is -0.134. The molecule has 0 radical (unpaired) electrons. The maximum atomic E-state index is 11.8. The number of carbonyl (C=O) groups is 1. The van der Waals surface area contributed by atoms with E-state index in [0.29, 0.717) is 17.8 Å². The first-order valence-electron chi connectivity index (χ1n) is 5.54. The molecule has 0 aliphatic heterocycles. The van der Waals surface area contributed by atoms with Crippen molar-refractivity contribution in [2.24, 2.45) is 5.92 Å². The van der Waals surface area contributed by atoms with Crippen LogP contribution < -0.4 is 5.32 Å². The molecule has 1 heterocycles. The average molecular weight is 234 g/mol. The number of hydrogen-bond donors (Lipinski definition) is 2. The van der Waals surface area contributed by atoms with Crippen molar-refractivity contribution in [1.29, 1.82) is 0 Å². The second-order valence-electron chi connectivity index (χ2n) is 4.25. The number of nitrogens with one attached hydrogen (secondary N) is 1. The topological polar surface area (TPSA) is 62.2 Å². The highest BCUT2D eigenvalue weighted by molar-refractivity contribution is 5.92. The quantitative estimate of drug-likeness (QED) is 0.767. The molecule has 0 bridgehead atoms. The second kappa shape index (κ2) is 6.15. The first-order chi connectivity index (χ1) is 8.02. The van der Waals surface area contributed by atoms with Crippen molar-refractivity contribution >= 4 is 11.6 Å². The van der Waals surface area contributed by atoms with E-state index >= 15 is 0 Å². The Bertz CT molecular complexity index is 416.